The molecule has 0 aliphatic carbocycles. The molecule has 21 heavy (non-hydrogen) atoms. The van der Waals surface area contributed by atoms with Crippen LogP contribution in [0.4, 0.5) is 11.4 Å². The lowest BCUT2D eigenvalue weighted by molar-refractivity contribution is 1.11. The number of nitrogens with zero attached hydrogens (tertiary/aromatic N) is 1. The first-order chi connectivity index (χ1) is 10.1. The minimum absolute atomic E-state index is 0.789. The molecule has 0 saturated carbocycles. The fourth-order valence-electron chi connectivity index (χ4n) is 1.94. The Kier molecular flexibility index (Phi) is 4.77. The molecule has 3 heteroatoms. The Hall–Kier alpha value is -2.55. The second kappa shape index (κ2) is 6.75. The summed E-state index contributed by atoms with van der Waals surface area (Å²) in [5.74, 6) is 0. The SMILES string of the molecule is C=C(CC)Nc1ccc(NC(=C)c2ccccn2)c(C)c1. The van der Waals surface area contributed by atoms with E-state index < -0.39 is 0 Å². The van der Waals surface area contributed by atoms with Crippen LogP contribution in [-0.2, 0) is 0 Å². The van der Waals surface area contributed by atoms with Crippen molar-refractivity contribution < 1.29 is 0 Å². The molecule has 3 nitrogen and oxygen atoms in total. The summed E-state index contributed by atoms with van der Waals surface area (Å²) < 4.78 is 0. The molecule has 1 aromatic heterocycles. The number of aryl methyl sites for hydroxylation is 1. The van der Waals surface area contributed by atoms with Crippen LogP contribution in [0.3, 0.4) is 0 Å². The molecule has 0 fully saturated rings. The lowest BCUT2D eigenvalue weighted by atomic mass is 10.1. The van der Waals surface area contributed by atoms with E-state index in [0.717, 1.165) is 40.4 Å². The van der Waals surface area contributed by atoms with Gasteiger partial charge in [0.05, 0.1) is 11.4 Å². The summed E-state index contributed by atoms with van der Waals surface area (Å²) in [4.78, 5) is 4.29. The van der Waals surface area contributed by atoms with Gasteiger partial charge in [0, 0.05) is 23.3 Å². The summed E-state index contributed by atoms with van der Waals surface area (Å²) in [5, 5.41) is 6.60. The monoisotopic (exact) mass is 279 g/mol. The third kappa shape index (κ3) is 3.96. The summed E-state index contributed by atoms with van der Waals surface area (Å²) in [6.07, 6.45) is 2.67. The van der Waals surface area contributed by atoms with E-state index in [0.29, 0.717) is 0 Å². The highest BCUT2D eigenvalue weighted by atomic mass is 14.9. The van der Waals surface area contributed by atoms with Gasteiger partial charge in [-0.3, -0.25) is 4.98 Å². The van der Waals surface area contributed by atoms with Crippen LogP contribution < -0.4 is 10.6 Å². The van der Waals surface area contributed by atoms with Gasteiger partial charge >= 0.3 is 0 Å². The molecule has 2 N–H and O–H groups in total. The zero-order chi connectivity index (χ0) is 15.2. The van der Waals surface area contributed by atoms with Gasteiger partial charge in [-0.05, 0) is 49.2 Å². The van der Waals surface area contributed by atoms with E-state index in [1.54, 1.807) is 6.20 Å². The molecule has 0 bridgehead atoms. The first kappa shape index (κ1) is 14.9. The highest BCUT2D eigenvalue weighted by molar-refractivity contribution is 5.76. The van der Waals surface area contributed by atoms with Crippen molar-refractivity contribution in [3.05, 3.63) is 72.7 Å². The van der Waals surface area contributed by atoms with Gasteiger partial charge in [-0.2, -0.15) is 0 Å². The largest absolute Gasteiger partial charge is 0.359 e. The average molecular weight is 279 g/mol. The van der Waals surface area contributed by atoms with Crippen LogP contribution in [0.25, 0.3) is 5.70 Å². The van der Waals surface area contributed by atoms with Gasteiger partial charge in [-0.15, -0.1) is 0 Å². The maximum absolute atomic E-state index is 4.29. The standard InChI is InChI=1S/C18H21N3/c1-5-14(3)20-16-9-10-17(13(2)12-16)21-15(4)18-8-6-7-11-19-18/h6-12,20-21H,3-5H2,1-2H3. The van der Waals surface area contributed by atoms with E-state index in [1.165, 1.54) is 0 Å². The van der Waals surface area contributed by atoms with Crippen molar-refractivity contribution in [2.45, 2.75) is 20.3 Å². The second-order valence-electron chi connectivity index (χ2n) is 4.93. The zero-order valence-corrected chi connectivity index (χ0v) is 12.6. The highest BCUT2D eigenvalue weighted by Crippen LogP contribution is 2.23. The molecule has 0 aliphatic rings. The van der Waals surface area contributed by atoms with Crippen LogP contribution in [0.15, 0.2) is 61.4 Å². The van der Waals surface area contributed by atoms with Crippen LogP contribution >= 0.6 is 0 Å². The normalized spacial score (nSPS) is 10.0. The van der Waals surface area contributed by atoms with Gasteiger partial charge in [-0.1, -0.05) is 26.1 Å². The number of pyridine rings is 1. The molecule has 108 valence electrons. The van der Waals surface area contributed by atoms with Gasteiger partial charge < -0.3 is 10.6 Å². The van der Waals surface area contributed by atoms with Crippen molar-refractivity contribution in [1.29, 1.82) is 0 Å². The minimum Gasteiger partial charge on any atom is -0.359 e. The van der Waals surface area contributed by atoms with Crippen LogP contribution in [0.1, 0.15) is 24.6 Å². The number of hydrogen-bond acceptors (Lipinski definition) is 3. The topological polar surface area (TPSA) is 37.0 Å². The van der Waals surface area contributed by atoms with Crippen LogP contribution in [0, 0.1) is 6.92 Å². The average Bonchev–Trinajstić information content (AvgIpc) is 2.50. The van der Waals surface area contributed by atoms with Crippen LogP contribution in [0.5, 0.6) is 0 Å². The molecule has 0 spiro atoms. The molecule has 0 aliphatic heterocycles. The smallest absolute Gasteiger partial charge is 0.0858 e. The molecule has 0 amide bonds. The Balaban J connectivity index is 2.11. The van der Waals surface area contributed by atoms with E-state index in [-0.39, 0.29) is 0 Å². The van der Waals surface area contributed by atoms with Gasteiger partial charge in [0.15, 0.2) is 0 Å². The molecule has 0 saturated heterocycles. The Labute approximate surface area is 126 Å². The molecule has 1 heterocycles. The quantitative estimate of drug-likeness (QED) is 0.797. The Morgan fingerprint density at radius 3 is 2.57 bits per heavy atom. The summed E-state index contributed by atoms with van der Waals surface area (Å²) in [6.45, 7) is 12.1. The van der Waals surface area contributed by atoms with Crippen molar-refractivity contribution >= 4 is 17.1 Å². The molecular formula is C18H21N3. The molecule has 2 aromatic rings. The second-order valence-corrected chi connectivity index (χ2v) is 4.93. The van der Waals surface area contributed by atoms with Crippen molar-refractivity contribution in [2.24, 2.45) is 0 Å². The number of rotatable bonds is 6. The molecule has 0 atom stereocenters. The van der Waals surface area contributed by atoms with Crippen LogP contribution in [-0.4, -0.2) is 4.98 Å². The van der Waals surface area contributed by atoms with E-state index >= 15 is 0 Å². The zero-order valence-electron chi connectivity index (χ0n) is 12.6. The fraction of sp³-hybridized carbons (Fsp3) is 0.167. The summed E-state index contributed by atoms with van der Waals surface area (Å²) >= 11 is 0. The fourth-order valence-corrected chi connectivity index (χ4v) is 1.94. The van der Waals surface area contributed by atoms with Crippen molar-refractivity contribution in [3.8, 4) is 0 Å². The summed E-state index contributed by atoms with van der Waals surface area (Å²) in [6, 6.07) is 11.9. The van der Waals surface area contributed by atoms with Crippen molar-refractivity contribution in [2.75, 3.05) is 10.6 Å². The van der Waals surface area contributed by atoms with Gasteiger partial charge in [0.1, 0.15) is 0 Å². The molecule has 0 radical (unpaired) electrons. The van der Waals surface area contributed by atoms with Crippen molar-refractivity contribution in [3.63, 3.8) is 0 Å². The molecule has 2 rings (SSSR count). The number of nitrogens with one attached hydrogen (secondary N) is 2. The highest BCUT2D eigenvalue weighted by Gasteiger charge is 2.04. The van der Waals surface area contributed by atoms with Crippen molar-refractivity contribution in [1.82, 2.24) is 4.98 Å². The van der Waals surface area contributed by atoms with Gasteiger partial charge in [0.2, 0.25) is 0 Å². The minimum atomic E-state index is 0.789. The maximum Gasteiger partial charge on any atom is 0.0858 e. The van der Waals surface area contributed by atoms with E-state index in [9.17, 15) is 0 Å². The number of aromatic nitrogens is 1. The predicted molar refractivity (Wildman–Crippen MR) is 91.1 cm³/mol. The van der Waals surface area contributed by atoms with Gasteiger partial charge in [-0.25, -0.2) is 0 Å². The number of benzene rings is 1. The molecule has 0 unspecified atom stereocenters. The Morgan fingerprint density at radius 2 is 1.95 bits per heavy atom. The number of anilines is 2. The van der Waals surface area contributed by atoms with Gasteiger partial charge in [0.25, 0.3) is 0 Å². The third-order valence-corrected chi connectivity index (χ3v) is 3.23. The lowest BCUT2D eigenvalue weighted by Crippen LogP contribution is -2.02. The maximum atomic E-state index is 4.29. The van der Waals surface area contributed by atoms with E-state index in [2.05, 4.69) is 48.7 Å². The van der Waals surface area contributed by atoms with Crippen LogP contribution in [0.2, 0.25) is 0 Å². The summed E-state index contributed by atoms with van der Waals surface area (Å²) in [7, 11) is 0. The Bertz CT molecular complexity index is 645. The predicted octanol–water partition coefficient (Wildman–Crippen LogP) is 4.81. The molecule has 1 aromatic carbocycles. The first-order valence-electron chi connectivity index (χ1n) is 7.03. The lowest BCUT2D eigenvalue weighted by Gasteiger charge is -2.14. The number of allylic oxidation sites excluding steroid dienone is 1. The Morgan fingerprint density at radius 1 is 1.14 bits per heavy atom. The third-order valence-electron chi connectivity index (χ3n) is 3.23. The van der Waals surface area contributed by atoms with E-state index in [1.807, 2.05) is 30.3 Å². The van der Waals surface area contributed by atoms with E-state index in [4.69, 9.17) is 0 Å². The number of hydrogen-bond donors (Lipinski definition) is 2. The summed E-state index contributed by atoms with van der Waals surface area (Å²) in [5.41, 5.74) is 5.86. The molecular weight excluding hydrogens is 258 g/mol. The first-order valence-corrected chi connectivity index (χ1v) is 7.03.